The van der Waals surface area contributed by atoms with Gasteiger partial charge in [0.2, 0.25) is 5.91 Å². The Morgan fingerprint density at radius 1 is 1.07 bits per heavy atom. The number of para-hydroxylation sites is 1. The van der Waals surface area contributed by atoms with E-state index in [0.29, 0.717) is 12.8 Å². The Kier molecular flexibility index (Phi) is 5.39. The van der Waals surface area contributed by atoms with Gasteiger partial charge in [0.1, 0.15) is 11.3 Å². The van der Waals surface area contributed by atoms with Gasteiger partial charge in [-0.3, -0.25) is 9.36 Å². The van der Waals surface area contributed by atoms with Gasteiger partial charge < -0.3 is 5.32 Å². The summed E-state index contributed by atoms with van der Waals surface area (Å²) in [6.07, 6.45) is 4.65. The minimum Gasteiger partial charge on any atom is -0.326 e. The van der Waals surface area contributed by atoms with Crippen LogP contribution in [0.2, 0.25) is 0 Å². The van der Waals surface area contributed by atoms with E-state index in [1.54, 1.807) is 18.0 Å². The first kappa shape index (κ1) is 18.3. The van der Waals surface area contributed by atoms with Crippen LogP contribution in [0.15, 0.2) is 77.8 Å². The lowest BCUT2D eigenvalue weighted by atomic mass is 10.2. The quantitative estimate of drug-likeness (QED) is 0.486. The molecule has 0 saturated heterocycles. The molecular formula is C22H20N4OS. The Hall–Kier alpha value is -3.12. The maximum atomic E-state index is 12.5. The van der Waals surface area contributed by atoms with Crippen LogP contribution >= 0.6 is 11.8 Å². The number of rotatable bonds is 6. The molecule has 0 unspecified atom stereocenters. The Morgan fingerprint density at radius 3 is 2.75 bits per heavy atom. The van der Waals surface area contributed by atoms with E-state index in [9.17, 15) is 4.79 Å². The summed E-state index contributed by atoms with van der Waals surface area (Å²) in [6, 6.07) is 21.7. The average molecular weight is 388 g/mol. The summed E-state index contributed by atoms with van der Waals surface area (Å²) in [5.74, 6) is 0.797. The Balaban J connectivity index is 1.55. The lowest BCUT2D eigenvalue weighted by Crippen LogP contribution is -2.14. The third kappa shape index (κ3) is 3.92. The molecule has 0 aliphatic rings. The molecule has 0 bridgehead atoms. The van der Waals surface area contributed by atoms with E-state index in [0.717, 1.165) is 33.3 Å². The van der Waals surface area contributed by atoms with Crippen LogP contribution in [0.5, 0.6) is 0 Å². The predicted octanol–water partition coefficient (Wildman–Crippen LogP) is 4.71. The zero-order valence-corrected chi connectivity index (χ0v) is 16.3. The number of carbonyl (C=O) groups is 1. The zero-order chi connectivity index (χ0) is 19.3. The number of fused-ring (bicyclic) bond motifs is 1. The van der Waals surface area contributed by atoms with Gasteiger partial charge in [-0.1, -0.05) is 24.3 Å². The number of anilines is 1. The maximum Gasteiger partial charge on any atom is 0.224 e. The van der Waals surface area contributed by atoms with Gasteiger partial charge in [0.25, 0.3) is 0 Å². The number of thioether (sulfide) groups is 1. The van der Waals surface area contributed by atoms with Crippen molar-refractivity contribution in [2.75, 3.05) is 11.6 Å². The fourth-order valence-electron chi connectivity index (χ4n) is 3.13. The fraction of sp³-hybridized carbons (Fsp3) is 0.136. The van der Waals surface area contributed by atoms with Crippen molar-refractivity contribution in [3.63, 3.8) is 0 Å². The number of nitrogens with zero attached hydrogens (tertiary/aromatic N) is 3. The number of imidazole rings is 1. The second-order valence-corrected chi connectivity index (χ2v) is 7.20. The lowest BCUT2D eigenvalue weighted by Gasteiger charge is -2.09. The number of benzene rings is 2. The molecule has 0 atom stereocenters. The van der Waals surface area contributed by atoms with Crippen LogP contribution < -0.4 is 5.32 Å². The van der Waals surface area contributed by atoms with Crippen molar-refractivity contribution in [3.8, 4) is 5.69 Å². The van der Waals surface area contributed by atoms with Gasteiger partial charge in [-0.25, -0.2) is 9.97 Å². The first-order chi connectivity index (χ1) is 13.7. The van der Waals surface area contributed by atoms with Gasteiger partial charge >= 0.3 is 0 Å². The molecule has 0 saturated carbocycles. The van der Waals surface area contributed by atoms with Crippen molar-refractivity contribution >= 4 is 34.5 Å². The monoisotopic (exact) mass is 388 g/mol. The average Bonchev–Trinajstić information content (AvgIpc) is 3.11. The standard InChI is InChI=1S/C22H20N4OS/c1-28-18-10-5-7-16(15-18)24-21(27)13-12-20-25-19-11-6-14-23-22(19)26(20)17-8-3-2-4-9-17/h2-11,14-15H,12-13H2,1H3,(H,24,27). The van der Waals surface area contributed by atoms with E-state index in [1.165, 1.54) is 0 Å². The van der Waals surface area contributed by atoms with Crippen molar-refractivity contribution in [1.29, 1.82) is 0 Å². The molecule has 28 heavy (non-hydrogen) atoms. The molecular weight excluding hydrogens is 368 g/mol. The largest absolute Gasteiger partial charge is 0.326 e. The molecule has 4 rings (SSSR count). The van der Waals surface area contributed by atoms with E-state index in [-0.39, 0.29) is 5.91 Å². The summed E-state index contributed by atoms with van der Waals surface area (Å²) in [6.45, 7) is 0. The predicted molar refractivity (Wildman–Crippen MR) is 114 cm³/mol. The summed E-state index contributed by atoms with van der Waals surface area (Å²) in [5, 5.41) is 2.97. The molecule has 0 fully saturated rings. The highest BCUT2D eigenvalue weighted by molar-refractivity contribution is 7.98. The zero-order valence-electron chi connectivity index (χ0n) is 15.5. The van der Waals surface area contributed by atoms with Crippen LogP contribution in [0.3, 0.4) is 0 Å². The summed E-state index contributed by atoms with van der Waals surface area (Å²) in [4.78, 5) is 22.8. The lowest BCUT2D eigenvalue weighted by molar-refractivity contribution is -0.116. The highest BCUT2D eigenvalue weighted by Crippen LogP contribution is 2.22. The molecule has 2 heterocycles. The summed E-state index contributed by atoms with van der Waals surface area (Å²) >= 11 is 1.65. The Morgan fingerprint density at radius 2 is 1.93 bits per heavy atom. The second-order valence-electron chi connectivity index (χ2n) is 6.33. The third-order valence-electron chi connectivity index (χ3n) is 4.43. The summed E-state index contributed by atoms with van der Waals surface area (Å²) in [5.41, 5.74) is 3.44. The Bertz CT molecular complexity index is 1110. The smallest absolute Gasteiger partial charge is 0.224 e. The molecule has 0 radical (unpaired) electrons. The number of aromatic nitrogens is 3. The molecule has 5 nitrogen and oxygen atoms in total. The molecule has 0 aliphatic carbocycles. The fourth-order valence-corrected chi connectivity index (χ4v) is 3.58. The molecule has 140 valence electrons. The SMILES string of the molecule is CSc1cccc(NC(=O)CCc2nc3cccnc3n2-c2ccccc2)c1. The van der Waals surface area contributed by atoms with Gasteiger partial charge in [0.15, 0.2) is 5.65 Å². The number of amides is 1. The van der Waals surface area contributed by atoms with E-state index in [4.69, 9.17) is 4.98 Å². The number of hydrogen-bond acceptors (Lipinski definition) is 4. The van der Waals surface area contributed by atoms with E-state index >= 15 is 0 Å². The molecule has 1 N–H and O–H groups in total. The number of carbonyl (C=O) groups excluding carboxylic acids is 1. The Labute approximate surface area is 167 Å². The van der Waals surface area contributed by atoms with Gasteiger partial charge in [-0.05, 0) is 48.7 Å². The van der Waals surface area contributed by atoms with Gasteiger partial charge in [-0.2, -0.15) is 0 Å². The van der Waals surface area contributed by atoms with Crippen LogP contribution in [-0.2, 0) is 11.2 Å². The molecule has 4 aromatic rings. The third-order valence-corrected chi connectivity index (χ3v) is 5.15. The summed E-state index contributed by atoms with van der Waals surface area (Å²) in [7, 11) is 0. The number of nitrogens with one attached hydrogen (secondary N) is 1. The van der Waals surface area contributed by atoms with Gasteiger partial charge in [-0.15, -0.1) is 11.8 Å². The van der Waals surface area contributed by atoms with Crippen molar-refractivity contribution in [2.24, 2.45) is 0 Å². The normalized spacial score (nSPS) is 10.9. The molecule has 6 heteroatoms. The van der Waals surface area contributed by atoms with Crippen LogP contribution in [0.1, 0.15) is 12.2 Å². The molecule has 0 aliphatic heterocycles. The van der Waals surface area contributed by atoms with E-state index < -0.39 is 0 Å². The van der Waals surface area contributed by atoms with Crippen molar-refractivity contribution in [1.82, 2.24) is 14.5 Å². The number of hydrogen-bond donors (Lipinski definition) is 1. The topological polar surface area (TPSA) is 59.8 Å². The molecule has 2 aromatic heterocycles. The van der Waals surface area contributed by atoms with Crippen LogP contribution in [-0.4, -0.2) is 26.7 Å². The first-order valence-corrected chi connectivity index (χ1v) is 10.3. The number of pyridine rings is 1. The van der Waals surface area contributed by atoms with E-state index in [2.05, 4.69) is 10.3 Å². The molecule has 2 aromatic carbocycles. The van der Waals surface area contributed by atoms with Crippen LogP contribution in [0.25, 0.3) is 16.9 Å². The maximum absolute atomic E-state index is 12.5. The highest BCUT2D eigenvalue weighted by atomic mass is 32.2. The minimum atomic E-state index is -0.0297. The van der Waals surface area contributed by atoms with Crippen molar-refractivity contribution in [3.05, 3.63) is 78.8 Å². The second kappa shape index (κ2) is 8.27. The summed E-state index contributed by atoms with van der Waals surface area (Å²) < 4.78 is 2.02. The molecule has 0 spiro atoms. The van der Waals surface area contributed by atoms with Crippen molar-refractivity contribution < 1.29 is 4.79 Å². The van der Waals surface area contributed by atoms with Gasteiger partial charge in [0, 0.05) is 35.3 Å². The number of aryl methyl sites for hydroxylation is 1. The first-order valence-electron chi connectivity index (χ1n) is 9.06. The van der Waals surface area contributed by atoms with E-state index in [1.807, 2.05) is 77.6 Å². The molecule has 1 amide bonds. The van der Waals surface area contributed by atoms with Crippen molar-refractivity contribution in [2.45, 2.75) is 17.7 Å². The van der Waals surface area contributed by atoms with Gasteiger partial charge in [0.05, 0.1) is 0 Å². The van der Waals surface area contributed by atoms with Crippen LogP contribution in [0.4, 0.5) is 5.69 Å². The van der Waals surface area contributed by atoms with Crippen LogP contribution in [0, 0.1) is 0 Å². The highest BCUT2D eigenvalue weighted by Gasteiger charge is 2.14. The minimum absolute atomic E-state index is 0.0297.